The second-order valence-corrected chi connectivity index (χ2v) is 4.89. The maximum atomic E-state index is 10.4. The standard InChI is InChI=1S/C13H15ClN2O/c1-13(17,12-7-8-16(2)15-12)9-10-3-5-11(14)6-4-10/h3-8,17H,9H2,1-2H3. The summed E-state index contributed by atoms with van der Waals surface area (Å²) in [6.45, 7) is 1.77. The molecule has 0 aliphatic carbocycles. The van der Waals surface area contributed by atoms with E-state index in [4.69, 9.17) is 11.6 Å². The predicted octanol–water partition coefficient (Wildman–Crippen LogP) is 2.52. The van der Waals surface area contributed by atoms with E-state index in [1.807, 2.05) is 43.6 Å². The van der Waals surface area contributed by atoms with Gasteiger partial charge in [0.15, 0.2) is 0 Å². The van der Waals surface area contributed by atoms with Crippen LogP contribution in [0.4, 0.5) is 0 Å². The highest BCUT2D eigenvalue weighted by molar-refractivity contribution is 6.30. The minimum atomic E-state index is -0.963. The molecule has 4 heteroatoms. The van der Waals surface area contributed by atoms with Crippen LogP contribution in [0.3, 0.4) is 0 Å². The second-order valence-electron chi connectivity index (χ2n) is 4.45. The number of aromatic nitrogens is 2. The van der Waals surface area contributed by atoms with Crippen LogP contribution >= 0.6 is 11.6 Å². The Bertz CT molecular complexity index is 502. The third-order valence-electron chi connectivity index (χ3n) is 2.73. The van der Waals surface area contributed by atoms with Gasteiger partial charge in [-0.3, -0.25) is 4.68 Å². The van der Waals surface area contributed by atoms with Crippen molar-refractivity contribution >= 4 is 11.6 Å². The summed E-state index contributed by atoms with van der Waals surface area (Å²) in [5.41, 5.74) is 0.745. The van der Waals surface area contributed by atoms with Gasteiger partial charge >= 0.3 is 0 Å². The quantitative estimate of drug-likeness (QED) is 0.909. The summed E-state index contributed by atoms with van der Waals surface area (Å²) in [5, 5.41) is 15.3. The van der Waals surface area contributed by atoms with Gasteiger partial charge in [-0.1, -0.05) is 23.7 Å². The fourth-order valence-corrected chi connectivity index (χ4v) is 1.92. The zero-order valence-corrected chi connectivity index (χ0v) is 10.6. The monoisotopic (exact) mass is 250 g/mol. The van der Waals surface area contributed by atoms with Crippen LogP contribution < -0.4 is 0 Å². The van der Waals surface area contributed by atoms with E-state index in [1.54, 1.807) is 11.6 Å². The lowest BCUT2D eigenvalue weighted by Gasteiger charge is -2.21. The van der Waals surface area contributed by atoms with Crippen molar-refractivity contribution in [3.05, 3.63) is 52.8 Å². The Morgan fingerprint density at radius 2 is 1.94 bits per heavy atom. The maximum Gasteiger partial charge on any atom is 0.110 e. The lowest BCUT2D eigenvalue weighted by Crippen LogP contribution is -2.25. The number of aliphatic hydroxyl groups is 1. The van der Waals surface area contributed by atoms with E-state index >= 15 is 0 Å². The molecule has 1 aromatic heterocycles. The van der Waals surface area contributed by atoms with Gasteiger partial charge in [-0.2, -0.15) is 5.10 Å². The Kier molecular flexibility index (Phi) is 3.22. The van der Waals surface area contributed by atoms with E-state index < -0.39 is 5.60 Å². The summed E-state index contributed by atoms with van der Waals surface area (Å²) in [6.07, 6.45) is 2.34. The Labute approximate surface area is 106 Å². The number of nitrogens with zero attached hydrogens (tertiary/aromatic N) is 2. The highest BCUT2D eigenvalue weighted by atomic mass is 35.5. The molecule has 0 saturated carbocycles. The van der Waals surface area contributed by atoms with Crippen molar-refractivity contribution in [1.29, 1.82) is 0 Å². The van der Waals surface area contributed by atoms with Crippen molar-refractivity contribution in [2.75, 3.05) is 0 Å². The fraction of sp³-hybridized carbons (Fsp3) is 0.308. The summed E-state index contributed by atoms with van der Waals surface area (Å²) in [7, 11) is 1.84. The van der Waals surface area contributed by atoms with E-state index in [0.717, 1.165) is 5.56 Å². The molecule has 0 bridgehead atoms. The molecule has 0 aliphatic rings. The molecule has 2 rings (SSSR count). The Balaban J connectivity index is 2.19. The Morgan fingerprint density at radius 1 is 1.29 bits per heavy atom. The molecule has 0 saturated heterocycles. The van der Waals surface area contributed by atoms with Crippen LogP contribution in [0.1, 0.15) is 18.2 Å². The molecule has 0 spiro atoms. The van der Waals surface area contributed by atoms with Gasteiger partial charge in [0.25, 0.3) is 0 Å². The first-order valence-corrected chi connectivity index (χ1v) is 5.82. The predicted molar refractivity (Wildman–Crippen MR) is 67.9 cm³/mol. The highest BCUT2D eigenvalue weighted by Gasteiger charge is 2.26. The summed E-state index contributed by atoms with van der Waals surface area (Å²) in [4.78, 5) is 0. The van der Waals surface area contributed by atoms with Crippen molar-refractivity contribution in [3.63, 3.8) is 0 Å². The van der Waals surface area contributed by atoms with Crippen LogP contribution in [0, 0.1) is 0 Å². The van der Waals surface area contributed by atoms with Crippen LogP contribution in [-0.4, -0.2) is 14.9 Å². The summed E-state index contributed by atoms with van der Waals surface area (Å²) in [5.74, 6) is 0. The molecule has 1 unspecified atom stereocenters. The van der Waals surface area contributed by atoms with Crippen molar-refractivity contribution < 1.29 is 5.11 Å². The van der Waals surface area contributed by atoms with Crippen LogP contribution in [0.2, 0.25) is 5.02 Å². The van der Waals surface area contributed by atoms with Crippen LogP contribution in [-0.2, 0) is 19.1 Å². The third kappa shape index (κ3) is 2.87. The lowest BCUT2D eigenvalue weighted by molar-refractivity contribution is 0.0524. The Morgan fingerprint density at radius 3 is 2.47 bits per heavy atom. The van der Waals surface area contributed by atoms with Gasteiger partial charge in [0, 0.05) is 24.7 Å². The molecule has 1 heterocycles. The van der Waals surface area contributed by atoms with E-state index in [0.29, 0.717) is 17.1 Å². The van der Waals surface area contributed by atoms with E-state index in [2.05, 4.69) is 5.10 Å². The lowest BCUT2D eigenvalue weighted by atomic mass is 9.93. The van der Waals surface area contributed by atoms with Crippen molar-refractivity contribution in [3.8, 4) is 0 Å². The van der Waals surface area contributed by atoms with Crippen molar-refractivity contribution in [1.82, 2.24) is 9.78 Å². The number of aryl methyl sites for hydroxylation is 1. The number of rotatable bonds is 3. The van der Waals surface area contributed by atoms with E-state index in [1.165, 1.54) is 0 Å². The molecule has 0 aliphatic heterocycles. The smallest absolute Gasteiger partial charge is 0.110 e. The molecule has 2 aromatic rings. The average Bonchev–Trinajstić information content (AvgIpc) is 2.69. The summed E-state index contributed by atoms with van der Waals surface area (Å²) >= 11 is 5.83. The van der Waals surface area contributed by atoms with Gasteiger partial charge in [-0.25, -0.2) is 0 Å². The van der Waals surface area contributed by atoms with Gasteiger partial charge in [0.1, 0.15) is 5.60 Å². The fourth-order valence-electron chi connectivity index (χ4n) is 1.79. The van der Waals surface area contributed by atoms with Gasteiger partial charge < -0.3 is 5.11 Å². The molecule has 3 nitrogen and oxygen atoms in total. The molecule has 17 heavy (non-hydrogen) atoms. The Hall–Kier alpha value is -1.32. The van der Waals surface area contributed by atoms with Crippen molar-refractivity contribution in [2.24, 2.45) is 7.05 Å². The number of benzene rings is 1. The minimum Gasteiger partial charge on any atom is -0.383 e. The maximum absolute atomic E-state index is 10.4. The average molecular weight is 251 g/mol. The summed E-state index contributed by atoms with van der Waals surface area (Å²) in [6, 6.07) is 9.31. The van der Waals surface area contributed by atoms with Gasteiger partial charge in [-0.05, 0) is 30.7 Å². The molecule has 0 fully saturated rings. The number of halogens is 1. The zero-order valence-electron chi connectivity index (χ0n) is 9.89. The second kappa shape index (κ2) is 4.51. The zero-order chi connectivity index (χ0) is 12.5. The van der Waals surface area contributed by atoms with Crippen molar-refractivity contribution in [2.45, 2.75) is 18.9 Å². The third-order valence-corrected chi connectivity index (χ3v) is 2.98. The molecule has 1 atom stereocenters. The molecule has 90 valence electrons. The van der Waals surface area contributed by atoms with Crippen LogP contribution in [0.15, 0.2) is 36.5 Å². The topological polar surface area (TPSA) is 38.0 Å². The number of hydrogen-bond acceptors (Lipinski definition) is 2. The summed E-state index contributed by atoms with van der Waals surface area (Å²) < 4.78 is 1.69. The molecular formula is C13H15ClN2O. The van der Waals surface area contributed by atoms with Gasteiger partial charge in [-0.15, -0.1) is 0 Å². The molecule has 0 amide bonds. The van der Waals surface area contributed by atoms with E-state index in [9.17, 15) is 5.11 Å². The first-order valence-electron chi connectivity index (χ1n) is 5.44. The molecule has 0 radical (unpaired) electrons. The molecule has 1 aromatic carbocycles. The van der Waals surface area contributed by atoms with E-state index in [-0.39, 0.29) is 0 Å². The van der Waals surface area contributed by atoms with Crippen LogP contribution in [0.25, 0.3) is 0 Å². The first kappa shape index (κ1) is 12.1. The van der Waals surface area contributed by atoms with Gasteiger partial charge in [0.05, 0.1) is 5.69 Å². The molecule has 1 N–H and O–H groups in total. The number of hydrogen-bond donors (Lipinski definition) is 1. The van der Waals surface area contributed by atoms with Gasteiger partial charge in [0.2, 0.25) is 0 Å². The molecular weight excluding hydrogens is 236 g/mol. The normalized spacial score (nSPS) is 14.6. The largest absolute Gasteiger partial charge is 0.383 e. The van der Waals surface area contributed by atoms with Crippen LogP contribution in [0.5, 0.6) is 0 Å². The minimum absolute atomic E-state index is 0.515. The highest BCUT2D eigenvalue weighted by Crippen LogP contribution is 2.24. The SMILES string of the molecule is Cn1ccc(C(C)(O)Cc2ccc(Cl)cc2)n1. The first-order chi connectivity index (χ1) is 7.97.